The standard InChI is InChI=1S/C11H9.C2H6.CH3/c1-8-7-9(2)11-6-4-3-5-10(8)11;1-2;/h3-7H,1-2H2;1-2H3;1H3/q-1;;+1. The van der Waals surface area contributed by atoms with E-state index in [-0.39, 0.29) is 7.43 Å². The molecule has 2 aromatic carbocycles. The predicted octanol–water partition coefficient (Wildman–Crippen LogP) is 2.86. The molecule has 0 saturated heterocycles. The smallest absolute Gasteiger partial charge is 0.0467 e. The molecule has 0 N–H and O–H groups in total. The predicted molar refractivity (Wildman–Crippen MR) is 67.6 cm³/mol. The SMILES string of the molecule is C=c1[cH-]c(=C)c2ccccc12.CC.[CH3+]. The fraction of sp³-hybridized carbons (Fsp3) is 0.143. The van der Waals surface area contributed by atoms with Crippen LogP contribution >= 0.6 is 0 Å². The summed E-state index contributed by atoms with van der Waals surface area (Å²) in [6.07, 6.45) is 0. The largest absolute Gasteiger partial charge is 0.155 e. The van der Waals surface area contributed by atoms with Crippen molar-refractivity contribution in [1.82, 2.24) is 0 Å². The molecular weight excluding hydrogens is 168 g/mol. The first-order chi connectivity index (χ1) is 6.29. The molecule has 0 amide bonds. The van der Waals surface area contributed by atoms with Crippen molar-refractivity contribution in [1.29, 1.82) is 0 Å². The molecule has 0 heterocycles. The lowest BCUT2D eigenvalue weighted by molar-refractivity contribution is 1.50. The van der Waals surface area contributed by atoms with Gasteiger partial charge < -0.3 is 0 Å². The van der Waals surface area contributed by atoms with E-state index in [2.05, 4.69) is 25.3 Å². The fourth-order valence-corrected chi connectivity index (χ4v) is 1.41. The van der Waals surface area contributed by atoms with E-state index in [1.165, 1.54) is 10.8 Å². The molecule has 0 unspecified atom stereocenters. The van der Waals surface area contributed by atoms with Crippen LogP contribution in [0.1, 0.15) is 13.8 Å². The van der Waals surface area contributed by atoms with Gasteiger partial charge in [0.15, 0.2) is 0 Å². The molecule has 0 aliphatic rings. The zero-order valence-electron chi connectivity index (χ0n) is 9.30. The van der Waals surface area contributed by atoms with Crippen LogP contribution in [0, 0.1) is 7.43 Å². The van der Waals surface area contributed by atoms with E-state index in [1.807, 2.05) is 32.0 Å². The lowest BCUT2D eigenvalue weighted by Gasteiger charge is -1.93. The van der Waals surface area contributed by atoms with E-state index in [9.17, 15) is 0 Å². The lowest BCUT2D eigenvalue weighted by atomic mass is 10.2. The Morgan fingerprint density at radius 2 is 1.29 bits per heavy atom. The first kappa shape index (κ1) is 12.4. The van der Waals surface area contributed by atoms with Gasteiger partial charge in [-0.05, 0) is 0 Å². The molecule has 0 radical (unpaired) electrons. The van der Waals surface area contributed by atoms with Crippen molar-refractivity contribution in [2.75, 3.05) is 0 Å². The molecule has 0 aromatic heterocycles. The highest BCUT2D eigenvalue weighted by atomic mass is 14.0. The van der Waals surface area contributed by atoms with Crippen molar-refractivity contribution in [3.8, 4) is 0 Å². The summed E-state index contributed by atoms with van der Waals surface area (Å²) in [7, 11) is 0. The molecule has 0 bridgehead atoms. The van der Waals surface area contributed by atoms with Gasteiger partial charge in [0.05, 0.1) is 0 Å². The maximum atomic E-state index is 3.93. The Bertz CT molecular complexity index is 430. The normalized spacial score (nSPS) is 8.71. The average molecular weight is 186 g/mol. The van der Waals surface area contributed by atoms with Gasteiger partial charge in [-0.3, -0.25) is 0 Å². The van der Waals surface area contributed by atoms with Crippen LogP contribution in [0.2, 0.25) is 0 Å². The van der Waals surface area contributed by atoms with Crippen LogP contribution in [0.5, 0.6) is 0 Å². The van der Waals surface area contributed by atoms with Gasteiger partial charge in [-0.15, -0.1) is 27.3 Å². The van der Waals surface area contributed by atoms with Gasteiger partial charge in [-0.25, -0.2) is 0 Å². The third kappa shape index (κ3) is 2.02. The van der Waals surface area contributed by atoms with Gasteiger partial charge in [0.1, 0.15) is 0 Å². The molecule has 0 heteroatoms. The lowest BCUT2D eigenvalue weighted by Crippen LogP contribution is -1.93. The number of fused-ring (bicyclic) bond motifs is 1. The minimum absolute atomic E-state index is 0. The molecule has 0 fully saturated rings. The Kier molecular flexibility index (Phi) is 4.65. The van der Waals surface area contributed by atoms with Crippen molar-refractivity contribution < 1.29 is 0 Å². The molecule has 0 nitrogen and oxygen atoms in total. The zero-order valence-corrected chi connectivity index (χ0v) is 9.30. The van der Waals surface area contributed by atoms with Gasteiger partial charge in [0.25, 0.3) is 0 Å². The molecule has 14 heavy (non-hydrogen) atoms. The number of rotatable bonds is 0. The summed E-state index contributed by atoms with van der Waals surface area (Å²) in [6, 6.07) is 10.2. The van der Waals surface area contributed by atoms with E-state index >= 15 is 0 Å². The van der Waals surface area contributed by atoms with Crippen molar-refractivity contribution in [3.63, 3.8) is 0 Å². The van der Waals surface area contributed by atoms with Crippen molar-refractivity contribution in [2.24, 2.45) is 0 Å². The van der Waals surface area contributed by atoms with Crippen molar-refractivity contribution in [3.05, 3.63) is 48.2 Å². The highest BCUT2D eigenvalue weighted by Crippen LogP contribution is 2.03. The molecule has 2 aromatic rings. The Morgan fingerprint density at radius 3 is 1.64 bits per heavy atom. The van der Waals surface area contributed by atoms with Crippen LogP contribution in [-0.2, 0) is 0 Å². The van der Waals surface area contributed by atoms with Gasteiger partial charge in [0.2, 0.25) is 0 Å². The Hall–Kier alpha value is -1.56. The van der Waals surface area contributed by atoms with Crippen LogP contribution in [0.25, 0.3) is 23.9 Å². The second kappa shape index (κ2) is 5.23. The summed E-state index contributed by atoms with van der Waals surface area (Å²) < 4.78 is 0. The second-order valence-electron chi connectivity index (χ2n) is 2.74. The Labute approximate surface area is 86.6 Å². The fourth-order valence-electron chi connectivity index (χ4n) is 1.41. The average Bonchev–Trinajstić information content (AvgIpc) is 2.47. The molecule has 0 aliphatic carbocycles. The van der Waals surface area contributed by atoms with Gasteiger partial charge in [-0.1, -0.05) is 38.1 Å². The number of hydrogen-bond acceptors (Lipinski definition) is 0. The van der Waals surface area contributed by atoms with E-state index in [4.69, 9.17) is 0 Å². The quantitative estimate of drug-likeness (QED) is 0.555. The minimum atomic E-state index is 0. The Morgan fingerprint density at radius 1 is 0.929 bits per heavy atom. The van der Waals surface area contributed by atoms with Gasteiger partial charge in [-0.2, -0.15) is 13.2 Å². The van der Waals surface area contributed by atoms with Crippen LogP contribution in [0.3, 0.4) is 0 Å². The first-order valence-electron chi connectivity index (χ1n) is 4.61. The van der Waals surface area contributed by atoms with Gasteiger partial charge >= 0.3 is 0 Å². The topological polar surface area (TPSA) is 0 Å². The molecule has 0 saturated carbocycles. The van der Waals surface area contributed by atoms with Crippen LogP contribution in [0.4, 0.5) is 0 Å². The zero-order chi connectivity index (χ0) is 9.84. The molecular formula is C14H18. The minimum Gasteiger partial charge on any atom is -0.155 e. The second-order valence-corrected chi connectivity index (χ2v) is 2.74. The third-order valence-corrected chi connectivity index (χ3v) is 1.97. The molecule has 0 atom stereocenters. The van der Waals surface area contributed by atoms with E-state index < -0.39 is 0 Å². The summed E-state index contributed by atoms with van der Waals surface area (Å²) in [5.41, 5.74) is 0. The first-order valence-corrected chi connectivity index (χ1v) is 4.61. The van der Waals surface area contributed by atoms with Crippen LogP contribution in [0.15, 0.2) is 30.3 Å². The molecule has 0 aliphatic heterocycles. The van der Waals surface area contributed by atoms with Crippen molar-refractivity contribution in [2.45, 2.75) is 13.8 Å². The summed E-state index contributed by atoms with van der Waals surface area (Å²) in [5, 5.41) is 4.59. The van der Waals surface area contributed by atoms with Crippen LogP contribution < -0.4 is 10.4 Å². The van der Waals surface area contributed by atoms with Gasteiger partial charge in [0, 0.05) is 7.43 Å². The number of hydrogen-bond donors (Lipinski definition) is 0. The van der Waals surface area contributed by atoms with E-state index in [1.54, 1.807) is 0 Å². The Balaban J connectivity index is 0.000000531. The summed E-state index contributed by atoms with van der Waals surface area (Å²) in [5.74, 6) is 0. The maximum absolute atomic E-state index is 3.93. The highest BCUT2D eigenvalue weighted by molar-refractivity contribution is 5.85. The van der Waals surface area contributed by atoms with Crippen molar-refractivity contribution >= 4 is 23.9 Å². The summed E-state index contributed by atoms with van der Waals surface area (Å²) in [6.45, 7) is 11.9. The summed E-state index contributed by atoms with van der Waals surface area (Å²) >= 11 is 0. The third-order valence-electron chi connectivity index (χ3n) is 1.97. The van der Waals surface area contributed by atoms with E-state index in [0.717, 1.165) is 10.4 Å². The highest BCUT2D eigenvalue weighted by Gasteiger charge is 1.85. The summed E-state index contributed by atoms with van der Waals surface area (Å²) in [4.78, 5) is 0. The monoisotopic (exact) mass is 186 g/mol. The number of benzene rings is 1. The van der Waals surface area contributed by atoms with Crippen LogP contribution in [-0.4, -0.2) is 0 Å². The maximum Gasteiger partial charge on any atom is 0.0467 e. The molecule has 2 rings (SSSR count). The molecule has 0 spiro atoms. The van der Waals surface area contributed by atoms with E-state index in [0.29, 0.717) is 0 Å². The molecule has 74 valence electrons.